The number of hydrogen-bond acceptors (Lipinski definition) is 3. The summed E-state index contributed by atoms with van der Waals surface area (Å²) in [5.74, 6) is 0.560. The second kappa shape index (κ2) is 9.47. The molecule has 0 aliphatic heterocycles. The van der Waals surface area contributed by atoms with E-state index >= 15 is 0 Å². The number of ether oxygens (including phenoxy) is 1. The van der Waals surface area contributed by atoms with Crippen molar-refractivity contribution >= 4 is 11.8 Å². The van der Waals surface area contributed by atoms with Crippen molar-refractivity contribution in [2.24, 2.45) is 0 Å². The molecule has 0 saturated carbocycles. The van der Waals surface area contributed by atoms with Crippen LogP contribution in [0.5, 0.6) is 5.75 Å². The molecule has 2 N–H and O–H groups in total. The summed E-state index contributed by atoms with van der Waals surface area (Å²) in [6.45, 7) is 1.97. The van der Waals surface area contributed by atoms with Crippen LogP contribution in [-0.4, -0.2) is 25.5 Å². The summed E-state index contributed by atoms with van der Waals surface area (Å²) in [5, 5.41) is 5.74. The van der Waals surface area contributed by atoms with Crippen molar-refractivity contribution in [3.63, 3.8) is 0 Å². The Morgan fingerprint density at radius 1 is 1.04 bits per heavy atom. The number of amides is 2. The Kier molecular flexibility index (Phi) is 7.01. The maximum atomic E-state index is 12.3. The molecule has 0 heterocycles. The molecule has 0 aliphatic carbocycles. The Bertz CT molecular complexity index is 701. The Labute approximate surface area is 148 Å². The molecule has 0 fully saturated rings. The van der Waals surface area contributed by atoms with Crippen molar-refractivity contribution in [3.8, 4) is 5.75 Å². The highest BCUT2D eigenvalue weighted by Crippen LogP contribution is 2.18. The molecule has 2 rings (SSSR count). The third-order valence-corrected chi connectivity index (χ3v) is 3.88. The van der Waals surface area contributed by atoms with Gasteiger partial charge in [0.15, 0.2) is 0 Å². The van der Waals surface area contributed by atoms with Crippen LogP contribution in [0.2, 0.25) is 0 Å². The van der Waals surface area contributed by atoms with Crippen LogP contribution in [0.15, 0.2) is 54.6 Å². The highest BCUT2D eigenvalue weighted by Gasteiger charge is 2.16. The zero-order valence-corrected chi connectivity index (χ0v) is 14.6. The lowest BCUT2D eigenvalue weighted by molar-refractivity contribution is -0.122. The van der Waals surface area contributed by atoms with E-state index in [0.717, 1.165) is 16.9 Å². The van der Waals surface area contributed by atoms with Crippen LogP contribution in [0.25, 0.3) is 0 Å². The van der Waals surface area contributed by atoms with Crippen molar-refractivity contribution < 1.29 is 14.3 Å². The molecule has 2 amide bonds. The fraction of sp³-hybridized carbons (Fsp3) is 0.300. The lowest BCUT2D eigenvalue weighted by atomic mass is 10.0. The molecule has 2 aromatic rings. The number of methoxy groups -OCH3 is 1. The summed E-state index contributed by atoms with van der Waals surface area (Å²) in [4.78, 5) is 23.7. The van der Waals surface area contributed by atoms with E-state index < -0.39 is 0 Å². The van der Waals surface area contributed by atoms with Gasteiger partial charge in [0.2, 0.25) is 11.8 Å². The van der Waals surface area contributed by atoms with E-state index in [9.17, 15) is 9.59 Å². The van der Waals surface area contributed by atoms with Crippen LogP contribution in [0.1, 0.15) is 30.5 Å². The summed E-state index contributed by atoms with van der Waals surface area (Å²) in [6, 6.07) is 16.9. The van der Waals surface area contributed by atoms with Crippen molar-refractivity contribution in [1.82, 2.24) is 10.6 Å². The van der Waals surface area contributed by atoms with Gasteiger partial charge in [-0.2, -0.15) is 0 Å². The van der Waals surface area contributed by atoms with Gasteiger partial charge in [0.05, 0.1) is 19.6 Å². The molecule has 0 radical (unpaired) electrons. The Balaban J connectivity index is 1.89. The van der Waals surface area contributed by atoms with Crippen LogP contribution >= 0.6 is 0 Å². The first-order valence-corrected chi connectivity index (χ1v) is 8.30. The summed E-state index contributed by atoms with van der Waals surface area (Å²) < 4.78 is 5.31. The van der Waals surface area contributed by atoms with Crippen LogP contribution in [-0.2, 0) is 16.0 Å². The fourth-order valence-electron chi connectivity index (χ4n) is 2.69. The van der Waals surface area contributed by atoms with Crippen molar-refractivity contribution in [2.75, 3.05) is 13.7 Å². The average Bonchev–Trinajstić information content (AvgIpc) is 2.62. The SMILES string of the molecule is COc1ccccc1CCNC(=O)CC(NC(C)=O)c1ccccc1. The summed E-state index contributed by atoms with van der Waals surface area (Å²) in [7, 11) is 1.63. The van der Waals surface area contributed by atoms with Gasteiger partial charge in [-0.05, 0) is 23.6 Å². The van der Waals surface area contributed by atoms with Gasteiger partial charge in [0.1, 0.15) is 5.75 Å². The van der Waals surface area contributed by atoms with E-state index in [2.05, 4.69) is 10.6 Å². The molecule has 132 valence electrons. The lowest BCUT2D eigenvalue weighted by Gasteiger charge is -2.18. The molecule has 5 heteroatoms. The quantitative estimate of drug-likeness (QED) is 0.776. The maximum Gasteiger partial charge on any atom is 0.222 e. The number of benzene rings is 2. The van der Waals surface area contributed by atoms with Crippen molar-refractivity contribution in [2.45, 2.75) is 25.8 Å². The normalized spacial score (nSPS) is 11.4. The average molecular weight is 340 g/mol. The first kappa shape index (κ1) is 18.5. The van der Waals surface area contributed by atoms with Crippen LogP contribution in [0, 0.1) is 0 Å². The topological polar surface area (TPSA) is 67.4 Å². The van der Waals surface area contributed by atoms with Gasteiger partial charge in [-0.25, -0.2) is 0 Å². The van der Waals surface area contributed by atoms with Gasteiger partial charge in [-0.15, -0.1) is 0 Å². The lowest BCUT2D eigenvalue weighted by Crippen LogP contribution is -2.33. The minimum absolute atomic E-state index is 0.0995. The molecule has 0 saturated heterocycles. The van der Waals surface area contributed by atoms with Gasteiger partial charge in [-0.1, -0.05) is 48.5 Å². The Morgan fingerprint density at radius 2 is 1.72 bits per heavy atom. The van der Waals surface area contributed by atoms with Crippen LogP contribution < -0.4 is 15.4 Å². The number of carbonyl (C=O) groups is 2. The minimum Gasteiger partial charge on any atom is -0.496 e. The van der Waals surface area contributed by atoms with Crippen molar-refractivity contribution in [3.05, 3.63) is 65.7 Å². The van der Waals surface area contributed by atoms with Gasteiger partial charge in [-0.3, -0.25) is 9.59 Å². The number of carbonyl (C=O) groups excluding carboxylic acids is 2. The molecule has 0 aliphatic rings. The molecule has 0 bridgehead atoms. The first-order valence-electron chi connectivity index (χ1n) is 8.30. The molecular formula is C20H24N2O3. The molecule has 1 atom stereocenters. The third kappa shape index (κ3) is 5.95. The molecule has 5 nitrogen and oxygen atoms in total. The second-order valence-electron chi connectivity index (χ2n) is 5.78. The zero-order valence-electron chi connectivity index (χ0n) is 14.6. The van der Waals surface area contributed by atoms with Gasteiger partial charge in [0, 0.05) is 13.5 Å². The predicted octanol–water partition coefficient (Wildman–Crippen LogP) is 2.62. The maximum absolute atomic E-state index is 12.3. The van der Waals surface area contributed by atoms with Crippen LogP contribution in [0.3, 0.4) is 0 Å². The summed E-state index contributed by atoms with van der Waals surface area (Å²) in [6.07, 6.45) is 0.890. The third-order valence-electron chi connectivity index (χ3n) is 3.88. The second-order valence-corrected chi connectivity index (χ2v) is 5.78. The van der Waals surface area contributed by atoms with E-state index in [4.69, 9.17) is 4.74 Å². The molecule has 0 aromatic heterocycles. The van der Waals surface area contributed by atoms with E-state index in [1.165, 1.54) is 6.92 Å². The molecule has 2 aromatic carbocycles. The number of para-hydroxylation sites is 1. The molecule has 1 unspecified atom stereocenters. The standard InChI is InChI=1S/C20H24N2O3/c1-15(23)22-18(16-8-4-3-5-9-16)14-20(24)21-13-12-17-10-6-7-11-19(17)25-2/h3-11,18H,12-14H2,1-2H3,(H,21,24)(H,22,23). The number of nitrogens with one attached hydrogen (secondary N) is 2. The van der Waals surface area contributed by atoms with E-state index in [1.54, 1.807) is 7.11 Å². The Morgan fingerprint density at radius 3 is 2.40 bits per heavy atom. The predicted molar refractivity (Wildman–Crippen MR) is 97.3 cm³/mol. The van der Waals surface area contributed by atoms with Gasteiger partial charge < -0.3 is 15.4 Å². The van der Waals surface area contributed by atoms with E-state index in [-0.39, 0.29) is 24.3 Å². The van der Waals surface area contributed by atoms with E-state index in [0.29, 0.717) is 13.0 Å². The number of hydrogen-bond donors (Lipinski definition) is 2. The smallest absolute Gasteiger partial charge is 0.222 e. The number of rotatable bonds is 8. The first-order chi connectivity index (χ1) is 12.1. The minimum atomic E-state index is -0.329. The van der Waals surface area contributed by atoms with Crippen molar-refractivity contribution in [1.29, 1.82) is 0 Å². The summed E-state index contributed by atoms with van der Waals surface area (Å²) >= 11 is 0. The molecular weight excluding hydrogens is 316 g/mol. The van der Waals surface area contributed by atoms with Crippen LogP contribution in [0.4, 0.5) is 0 Å². The molecule has 0 spiro atoms. The van der Waals surface area contributed by atoms with Gasteiger partial charge >= 0.3 is 0 Å². The van der Waals surface area contributed by atoms with Gasteiger partial charge in [0.25, 0.3) is 0 Å². The zero-order chi connectivity index (χ0) is 18.1. The van der Waals surface area contributed by atoms with E-state index in [1.807, 2.05) is 54.6 Å². The largest absolute Gasteiger partial charge is 0.496 e. The monoisotopic (exact) mass is 340 g/mol. The fourth-order valence-corrected chi connectivity index (χ4v) is 2.69. The Hall–Kier alpha value is -2.82. The highest BCUT2D eigenvalue weighted by molar-refractivity contribution is 5.79. The molecule has 25 heavy (non-hydrogen) atoms. The summed E-state index contributed by atoms with van der Waals surface area (Å²) in [5.41, 5.74) is 1.96. The highest BCUT2D eigenvalue weighted by atomic mass is 16.5.